The molecule has 1 rings (SSSR count). The van der Waals surface area contributed by atoms with Gasteiger partial charge in [-0.25, -0.2) is 4.79 Å². The Balaban J connectivity index is 2.93. The number of carbonyl (C=O) groups is 1. The quantitative estimate of drug-likeness (QED) is 0.462. The van der Waals surface area contributed by atoms with Crippen LogP contribution in [0.15, 0.2) is 18.2 Å². The van der Waals surface area contributed by atoms with Crippen molar-refractivity contribution in [3.63, 3.8) is 0 Å². The molecule has 0 aliphatic heterocycles. The smallest absolute Gasteiger partial charge is 0.356 e. The van der Waals surface area contributed by atoms with Crippen LogP contribution in [0.4, 0.5) is 0 Å². The van der Waals surface area contributed by atoms with Gasteiger partial charge in [-0.1, -0.05) is 19.0 Å². The summed E-state index contributed by atoms with van der Waals surface area (Å²) in [5, 5.41) is 0. The zero-order valence-corrected chi connectivity index (χ0v) is 7.07. The van der Waals surface area contributed by atoms with Gasteiger partial charge in [-0.2, -0.15) is 0 Å². The Hall–Kier alpha value is -1.32. The standard InChI is InChI=1S/C8H9BNO2/c1-9-7-5-3-4-6(10-7)8(11)12-2/h3-5H,1-2H3. The molecule has 0 fully saturated rings. The molecule has 1 heterocycles. The van der Waals surface area contributed by atoms with Crippen molar-refractivity contribution < 1.29 is 9.53 Å². The molecule has 0 spiro atoms. The molecule has 0 unspecified atom stereocenters. The molecule has 0 atom stereocenters. The molecule has 1 aromatic heterocycles. The Kier molecular flexibility index (Phi) is 2.85. The van der Waals surface area contributed by atoms with Crippen LogP contribution in [0.3, 0.4) is 0 Å². The van der Waals surface area contributed by atoms with E-state index in [-0.39, 0.29) is 0 Å². The molecule has 0 amide bonds. The number of hydrogen-bond acceptors (Lipinski definition) is 3. The molecule has 4 heteroatoms. The molecule has 1 aromatic rings. The predicted molar refractivity (Wildman–Crippen MR) is 46.8 cm³/mol. The highest BCUT2D eigenvalue weighted by molar-refractivity contribution is 6.50. The van der Waals surface area contributed by atoms with Gasteiger partial charge in [0.2, 0.25) is 0 Å². The fourth-order valence-electron chi connectivity index (χ4n) is 0.830. The van der Waals surface area contributed by atoms with Gasteiger partial charge in [0.25, 0.3) is 0 Å². The third-order valence-electron chi connectivity index (χ3n) is 1.46. The lowest BCUT2D eigenvalue weighted by molar-refractivity contribution is 0.0594. The number of hydrogen-bond donors (Lipinski definition) is 0. The van der Waals surface area contributed by atoms with E-state index in [0.717, 1.165) is 5.59 Å². The maximum atomic E-state index is 11.0. The van der Waals surface area contributed by atoms with Crippen LogP contribution in [0.2, 0.25) is 6.82 Å². The van der Waals surface area contributed by atoms with Crippen molar-refractivity contribution in [3.8, 4) is 0 Å². The molecule has 12 heavy (non-hydrogen) atoms. The van der Waals surface area contributed by atoms with Crippen molar-refractivity contribution in [2.24, 2.45) is 0 Å². The lowest BCUT2D eigenvalue weighted by Gasteiger charge is -1.99. The van der Waals surface area contributed by atoms with E-state index in [1.807, 2.05) is 20.2 Å². The first-order chi connectivity index (χ1) is 5.77. The first-order valence-electron chi connectivity index (χ1n) is 3.62. The van der Waals surface area contributed by atoms with Gasteiger partial charge in [-0.15, -0.1) is 0 Å². The number of carbonyl (C=O) groups excluding carboxylic acids is 1. The van der Waals surface area contributed by atoms with Crippen LogP contribution in [0, 0.1) is 0 Å². The van der Waals surface area contributed by atoms with Crippen LogP contribution < -0.4 is 5.59 Å². The van der Waals surface area contributed by atoms with E-state index in [9.17, 15) is 4.79 Å². The van der Waals surface area contributed by atoms with Gasteiger partial charge < -0.3 is 4.74 Å². The second kappa shape index (κ2) is 3.90. The summed E-state index contributed by atoms with van der Waals surface area (Å²) in [4.78, 5) is 15.0. The third-order valence-corrected chi connectivity index (χ3v) is 1.46. The zero-order valence-electron chi connectivity index (χ0n) is 7.07. The van der Waals surface area contributed by atoms with Gasteiger partial charge in [-0.3, -0.25) is 4.98 Å². The average Bonchev–Trinajstić information content (AvgIpc) is 2.17. The van der Waals surface area contributed by atoms with Crippen LogP contribution in [0.25, 0.3) is 0 Å². The first kappa shape index (κ1) is 8.78. The van der Waals surface area contributed by atoms with Gasteiger partial charge in [0, 0.05) is 0 Å². The number of aromatic nitrogens is 1. The highest BCUT2D eigenvalue weighted by atomic mass is 16.5. The Morgan fingerprint density at radius 1 is 1.58 bits per heavy atom. The van der Waals surface area contributed by atoms with Crippen molar-refractivity contribution >= 4 is 18.8 Å². The van der Waals surface area contributed by atoms with Crippen molar-refractivity contribution in [2.75, 3.05) is 7.11 Å². The molecular weight excluding hydrogens is 153 g/mol. The number of methoxy groups -OCH3 is 1. The SMILES string of the molecule is C[B]c1cccc(C(=O)OC)n1. The monoisotopic (exact) mass is 162 g/mol. The van der Waals surface area contributed by atoms with Crippen LogP contribution in [0.5, 0.6) is 0 Å². The summed E-state index contributed by atoms with van der Waals surface area (Å²) in [6.07, 6.45) is 0. The molecule has 0 aromatic carbocycles. The molecule has 0 bridgehead atoms. The van der Waals surface area contributed by atoms with E-state index in [0.29, 0.717) is 5.69 Å². The van der Waals surface area contributed by atoms with E-state index in [2.05, 4.69) is 9.72 Å². The molecule has 0 saturated heterocycles. The van der Waals surface area contributed by atoms with Gasteiger partial charge in [0.1, 0.15) is 5.69 Å². The molecule has 3 nitrogen and oxygen atoms in total. The van der Waals surface area contributed by atoms with E-state index in [4.69, 9.17) is 0 Å². The molecule has 61 valence electrons. The molecule has 0 saturated carbocycles. The predicted octanol–water partition coefficient (Wildman–Crippen LogP) is 0.246. The average molecular weight is 162 g/mol. The Morgan fingerprint density at radius 3 is 2.92 bits per heavy atom. The molecule has 0 N–H and O–H groups in total. The molecule has 0 aliphatic carbocycles. The van der Waals surface area contributed by atoms with E-state index in [1.165, 1.54) is 7.11 Å². The summed E-state index contributed by atoms with van der Waals surface area (Å²) in [5.41, 5.74) is 1.12. The lowest BCUT2D eigenvalue weighted by atomic mass is 9.77. The Labute approximate surface area is 72.0 Å². The second-order valence-electron chi connectivity index (χ2n) is 2.23. The minimum absolute atomic E-state index is 0.341. The number of ether oxygens (including phenoxy) is 1. The van der Waals surface area contributed by atoms with Gasteiger partial charge in [-0.05, 0) is 11.7 Å². The number of esters is 1. The largest absolute Gasteiger partial charge is 0.464 e. The topological polar surface area (TPSA) is 39.2 Å². The summed E-state index contributed by atoms with van der Waals surface area (Å²) in [6.45, 7) is 1.86. The fourth-order valence-corrected chi connectivity index (χ4v) is 0.830. The maximum absolute atomic E-state index is 11.0. The number of pyridine rings is 1. The summed E-state index contributed by atoms with van der Waals surface area (Å²) in [7, 11) is 3.17. The Morgan fingerprint density at radius 2 is 2.33 bits per heavy atom. The third kappa shape index (κ3) is 1.84. The summed E-state index contributed by atoms with van der Waals surface area (Å²) in [6, 6.07) is 5.22. The highest BCUT2D eigenvalue weighted by Gasteiger charge is 2.05. The fraction of sp³-hybridized carbons (Fsp3) is 0.250. The van der Waals surface area contributed by atoms with Crippen molar-refractivity contribution in [2.45, 2.75) is 6.82 Å². The van der Waals surface area contributed by atoms with Crippen LogP contribution in [-0.2, 0) is 4.74 Å². The van der Waals surface area contributed by atoms with Gasteiger partial charge in [0.15, 0.2) is 7.28 Å². The minimum Gasteiger partial charge on any atom is -0.464 e. The number of nitrogens with zero attached hydrogens (tertiary/aromatic N) is 1. The van der Waals surface area contributed by atoms with E-state index >= 15 is 0 Å². The molecule has 0 aliphatic rings. The van der Waals surface area contributed by atoms with Crippen molar-refractivity contribution in [1.82, 2.24) is 4.98 Å². The summed E-state index contributed by atoms with van der Waals surface area (Å²) in [5.74, 6) is -0.404. The van der Waals surface area contributed by atoms with Crippen LogP contribution in [-0.4, -0.2) is 25.3 Å². The summed E-state index contributed by atoms with van der Waals surface area (Å²) < 4.78 is 4.52. The first-order valence-corrected chi connectivity index (χ1v) is 3.62. The molecule has 1 radical (unpaired) electrons. The van der Waals surface area contributed by atoms with Crippen molar-refractivity contribution in [1.29, 1.82) is 0 Å². The lowest BCUT2D eigenvalue weighted by Crippen LogP contribution is -2.18. The molecular formula is C8H9BNO2. The van der Waals surface area contributed by atoms with Crippen molar-refractivity contribution in [3.05, 3.63) is 23.9 Å². The minimum atomic E-state index is -0.404. The summed E-state index contributed by atoms with van der Waals surface area (Å²) >= 11 is 0. The maximum Gasteiger partial charge on any atom is 0.356 e. The number of rotatable bonds is 2. The van der Waals surface area contributed by atoms with Crippen LogP contribution in [0.1, 0.15) is 10.5 Å². The van der Waals surface area contributed by atoms with E-state index < -0.39 is 5.97 Å². The van der Waals surface area contributed by atoms with Gasteiger partial charge in [0.05, 0.1) is 7.11 Å². The van der Waals surface area contributed by atoms with E-state index in [1.54, 1.807) is 12.1 Å². The Bertz CT molecular complexity index is 288. The second-order valence-corrected chi connectivity index (χ2v) is 2.23. The highest BCUT2D eigenvalue weighted by Crippen LogP contribution is 1.93. The normalized spacial score (nSPS) is 9.17. The van der Waals surface area contributed by atoms with Crippen LogP contribution >= 0.6 is 0 Å². The zero-order chi connectivity index (χ0) is 8.97. The van der Waals surface area contributed by atoms with Gasteiger partial charge >= 0.3 is 5.97 Å².